The van der Waals surface area contributed by atoms with E-state index in [2.05, 4.69) is 20.0 Å². The molecule has 10 nitrogen and oxygen atoms in total. The van der Waals surface area contributed by atoms with Crippen LogP contribution in [0.3, 0.4) is 0 Å². The molecule has 1 amide bonds. The Morgan fingerprint density at radius 3 is 2.28 bits per heavy atom. The summed E-state index contributed by atoms with van der Waals surface area (Å²) in [4.78, 5) is 50.3. The normalized spacial score (nSPS) is 11.6. The predicted molar refractivity (Wildman–Crippen MR) is 107 cm³/mol. The molecule has 5 N–H and O–H groups in total. The molecule has 0 aliphatic heterocycles. The molecule has 0 aliphatic rings. The number of rotatable bonds is 5. The van der Waals surface area contributed by atoms with Crippen LogP contribution in [-0.2, 0) is 20.7 Å². The molecule has 1 unspecified atom stereocenters. The van der Waals surface area contributed by atoms with E-state index in [0.717, 1.165) is 0 Å². The van der Waals surface area contributed by atoms with E-state index in [1.165, 1.54) is 25.4 Å². The van der Waals surface area contributed by atoms with Crippen LogP contribution in [0.15, 0.2) is 29.2 Å². The number of nitrogens with one attached hydrogen (secondary N) is 2. The van der Waals surface area contributed by atoms with Crippen molar-refractivity contribution in [3.8, 4) is 0 Å². The van der Waals surface area contributed by atoms with Crippen LogP contribution in [0.2, 0.25) is 10.0 Å². The van der Waals surface area contributed by atoms with E-state index < -0.39 is 35.8 Å². The smallest absolute Gasteiger partial charge is 0.475 e. The molecule has 1 atom stereocenters. The van der Waals surface area contributed by atoms with Gasteiger partial charge in [-0.3, -0.25) is 9.59 Å². The lowest BCUT2D eigenvalue weighted by molar-refractivity contribution is -0.192. The number of nitrogens with two attached hydrogens (primary N) is 1. The molecule has 0 radical (unpaired) electrons. The van der Waals surface area contributed by atoms with Gasteiger partial charge in [-0.1, -0.05) is 29.3 Å². The molecule has 1 aromatic heterocycles. The van der Waals surface area contributed by atoms with E-state index >= 15 is 0 Å². The summed E-state index contributed by atoms with van der Waals surface area (Å²) in [5, 5.41) is 9.87. The largest absolute Gasteiger partial charge is 0.490 e. The van der Waals surface area contributed by atoms with E-state index in [1.807, 2.05) is 0 Å². The highest BCUT2D eigenvalue weighted by atomic mass is 35.5. The number of aromatic nitrogens is 2. The SMILES string of the molecule is COC(=O)C(N)Cc1c[nH]c(=O)nc1NC(=O)c1c(Cl)cccc1Cl.O=C(O)C(F)(F)F. The fourth-order valence-corrected chi connectivity index (χ4v) is 2.61. The van der Waals surface area contributed by atoms with Crippen LogP contribution in [0.4, 0.5) is 19.0 Å². The van der Waals surface area contributed by atoms with E-state index in [-0.39, 0.29) is 27.8 Å². The van der Waals surface area contributed by atoms with Crippen LogP contribution in [0, 0.1) is 0 Å². The number of benzene rings is 1. The topological polar surface area (TPSA) is 164 Å². The summed E-state index contributed by atoms with van der Waals surface area (Å²) in [5.74, 6) is -4.10. The molecule has 1 aromatic carbocycles. The van der Waals surface area contributed by atoms with Gasteiger partial charge in [0, 0.05) is 18.2 Å². The van der Waals surface area contributed by atoms with E-state index in [4.69, 9.17) is 38.8 Å². The lowest BCUT2D eigenvalue weighted by Gasteiger charge is -2.13. The number of halogens is 5. The number of carboxylic acids is 1. The standard InChI is InChI=1S/C15H14Cl2N4O4.C2HF3O2/c1-25-14(23)10(18)5-7-6-19-15(24)21-12(7)20-13(22)11-8(16)3-2-4-9(11)17;3-2(4,5)1(6)7/h2-4,6,10H,5,18H2,1H3,(H2,19,20,21,22,24);(H,6,7). The number of nitrogens with zero attached hydrogens (tertiary/aromatic N) is 1. The molecule has 174 valence electrons. The third-order valence-corrected chi connectivity index (χ3v) is 4.13. The minimum absolute atomic E-state index is 0.0116. The van der Waals surface area contributed by atoms with Crippen molar-refractivity contribution in [2.75, 3.05) is 12.4 Å². The number of methoxy groups -OCH3 is 1. The molecule has 0 aliphatic carbocycles. The molecular formula is C17H15Cl2F3N4O6. The Morgan fingerprint density at radius 2 is 1.81 bits per heavy atom. The Kier molecular flexibility index (Phi) is 9.62. The highest BCUT2D eigenvalue weighted by molar-refractivity contribution is 6.40. The molecule has 0 spiro atoms. The minimum atomic E-state index is -5.08. The number of esters is 1. The first kappa shape index (κ1) is 26.9. The fourth-order valence-electron chi connectivity index (χ4n) is 2.04. The van der Waals surface area contributed by atoms with Crippen molar-refractivity contribution < 1.29 is 37.4 Å². The molecule has 0 saturated carbocycles. The number of carbonyl (C=O) groups excluding carboxylic acids is 2. The van der Waals surface area contributed by atoms with Gasteiger partial charge < -0.3 is 25.9 Å². The van der Waals surface area contributed by atoms with Crippen molar-refractivity contribution in [2.24, 2.45) is 5.73 Å². The fraction of sp³-hybridized carbons (Fsp3) is 0.235. The zero-order valence-corrected chi connectivity index (χ0v) is 17.5. The van der Waals surface area contributed by atoms with Crippen molar-refractivity contribution in [1.29, 1.82) is 0 Å². The first-order chi connectivity index (χ1) is 14.8. The number of amides is 1. The van der Waals surface area contributed by atoms with Crippen molar-refractivity contribution >= 4 is 46.9 Å². The number of ether oxygens (including phenoxy) is 1. The van der Waals surface area contributed by atoms with E-state index in [1.54, 1.807) is 6.07 Å². The number of aromatic amines is 1. The Morgan fingerprint density at radius 1 is 1.28 bits per heavy atom. The van der Waals surface area contributed by atoms with Crippen LogP contribution in [0.1, 0.15) is 15.9 Å². The van der Waals surface area contributed by atoms with Crippen molar-refractivity contribution in [2.45, 2.75) is 18.6 Å². The lowest BCUT2D eigenvalue weighted by atomic mass is 10.1. The predicted octanol–water partition coefficient (Wildman–Crippen LogP) is 2.01. The third-order valence-electron chi connectivity index (χ3n) is 3.50. The van der Waals surface area contributed by atoms with Gasteiger partial charge in [0.15, 0.2) is 0 Å². The van der Waals surface area contributed by atoms with Crippen LogP contribution in [0.5, 0.6) is 0 Å². The third kappa shape index (κ3) is 7.83. The maximum atomic E-state index is 12.4. The van der Waals surface area contributed by atoms with Gasteiger partial charge in [0.25, 0.3) is 5.91 Å². The number of alkyl halides is 3. The van der Waals surface area contributed by atoms with E-state index in [0.29, 0.717) is 5.56 Å². The Bertz CT molecular complexity index is 1040. The maximum Gasteiger partial charge on any atom is 0.490 e. The molecule has 15 heteroatoms. The van der Waals surface area contributed by atoms with Gasteiger partial charge in [-0.2, -0.15) is 18.2 Å². The minimum Gasteiger partial charge on any atom is -0.475 e. The summed E-state index contributed by atoms with van der Waals surface area (Å²) in [6.45, 7) is 0. The number of aliphatic carboxylic acids is 1. The highest BCUT2D eigenvalue weighted by Crippen LogP contribution is 2.25. The lowest BCUT2D eigenvalue weighted by Crippen LogP contribution is -2.34. The van der Waals surface area contributed by atoms with Gasteiger partial charge in [-0.05, 0) is 12.1 Å². The zero-order chi connectivity index (χ0) is 24.6. The molecular weight excluding hydrogens is 484 g/mol. The Balaban J connectivity index is 0.000000633. The monoisotopic (exact) mass is 498 g/mol. The molecule has 0 fully saturated rings. The average Bonchev–Trinajstić information content (AvgIpc) is 2.68. The molecule has 32 heavy (non-hydrogen) atoms. The van der Waals surface area contributed by atoms with Crippen molar-refractivity contribution in [3.63, 3.8) is 0 Å². The van der Waals surface area contributed by atoms with Gasteiger partial charge in [0.1, 0.15) is 11.9 Å². The van der Waals surface area contributed by atoms with Gasteiger partial charge >= 0.3 is 23.8 Å². The molecule has 2 rings (SSSR count). The van der Waals surface area contributed by atoms with Crippen molar-refractivity contribution in [3.05, 3.63) is 56.1 Å². The van der Waals surface area contributed by atoms with Gasteiger partial charge in [0.2, 0.25) is 0 Å². The zero-order valence-electron chi connectivity index (χ0n) is 16.0. The number of carboxylic acid groups (broad SMARTS) is 1. The van der Waals surface area contributed by atoms with Crippen molar-refractivity contribution in [1.82, 2.24) is 9.97 Å². The average molecular weight is 499 g/mol. The summed E-state index contributed by atoms with van der Waals surface area (Å²) in [6, 6.07) is 3.61. The first-order valence-electron chi connectivity index (χ1n) is 8.25. The summed E-state index contributed by atoms with van der Waals surface area (Å²) in [6.07, 6.45) is -3.79. The number of H-pyrrole nitrogens is 1. The molecule has 1 heterocycles. The highest BCUT2D eigenvalue weighted by Gasteiger charge is 2.38. The molecule has 2 aromatic rings. The summed E-state index contributed by atoms with van der Waals surface area (Å²) in [5.41, 5.74) is 5.40. The Hall–Kier alpha value is -3.16. The second kappa shape index (κ2) is 11.5. The van der Waals surface area contributed by atoms with Crippen LogP contribution in [0.25, 0.3) is 0 Å². The maximum absolute atomic E-state index is 12.4. The Labute approximate surface area is 187 Å². The molecule has 0 bridgehead atoms. The summed E-state index contributed by atoms with van der Waals surface area (Å²) < 4.78 is 36.3. The van der Waals surface area contributed by atoms with Crippen LogP contribution in [-0.4, -0.2) is 52.2 Å². The second-order valence-electron chi connectivity index (χ2n) is 5.77. The number of carbonyl (C=O) groups is 3. The quantitative estimate of drug-likeness (QED) is 0.454. The van der Waals surface area contributed by atoms with Gasteiger partial charge in [0.05, 0.1) is 22.7 Å². The summed E-state index contributed by atoms with van der Waals surface area (Å²) >= 11 is 12.0. The van der Waals surface area contributed by atoms with Gasteiger partial charge in [-0.15, -0.1) is 0 Å². The van der Waals surface area contributed by atoms with Gasteiger partial charge in [-0.25, -0.2) is 9.59 Å². The first-order valence-corrected chi connectivity index (χ1v) is 9.01. The van der Waals surface area contributed by atoms with Crippen LogP contribution < -0.4 is 16.7 Å². The number of hydrogen-bond acceptors (Lipinski definition) is 7. The molecule has 0 saturated heterocycles. The summed E-state index contributed by atoms with van der Waals surface area (Å²) in [7, 11) is 1.20. The van der Waals surface area contributed by atoms with E-state index in [9.17, 15) is 27.6 Å². The number of hydrogen-bond donors (Lipinski definition) is 4. The van der Waals surface area contributed by atoms with Crippen LogP contribution >= 0.6 is 23.2 Å². The second-order valence-corrected chi connectivity index (χ2v) is 6.58. The number of anilines is 1.